The minimum Gasteiger partial charge on any atom is -0.353 e. The Morgan fingerprint density at radius 1 is 1.13 bits per heavy atom. The molecule has 1 heterocycles. The topological polar surface area (TPSA) is 25.2 Å². The van der Waals surface area contributed by atoms with Crippen LogP contribution in [0.5, 0.6) is 0 Å². The molecule has 124 valence electrons. The first-order valence-corrected chi connectivity index (χ1v) is 8.61. The first-order chi connectivity index (χ1) is 11.2. The minimum absolute atomic E-state index is 0.0478. The lowest BCUT2D eigenvalue weighted by molar-refractivity contribution is -0.133. The van der Waals surface area contributed by atoms with Crippen LogP contribution in [0.15, 0.2) is 48.7 Å². The van der Waals surface area contributed by atoms with Crippen LogP contribution < -0.4 is 0 Å². The van der Waals surface area contributed by atoms with Gasteiger partial charge < -0.3 is 9.47 Å². The second-order valence-corrected chi connectivity index (χ2v) is 6.10. The molecular formula is C20H28N2O. The summed E-state index contributed by atoms with van der Waals surface area (Å²) in [7, 11) is 2.03. The second-order valence-electron chi connectivity index (χ2n) is 6.10. The number of carbonyl (C=O) groups is 1. The summed E-state index contributed by atoms with van der Waals surface area (Å²) < 4.78 is 2.09. The minimum atomic E-state index is -0.0478. The van der Waals surface area contributed by atoms with E-state index in [-0.39, 0.29) is 11.8 Å². The van der Waals surface area contributed by atoms with E-state index in [9.17, 15) is 4.79 Å². The average molecular weight is 312 g/mol. The molecule has 1 amide bonds. The van der Waals surface area contributed by atoms with Crippen molar-refractivity contribution in [2.45, 2.75) is 45.6 Å². The molecule has 3 nitrogen and oxygen atoms in total. The van der Waals surface area contributed by atoms with Crippen LogP contribution in [0.2, 0.25) is 0 Å². The zero-order chi connectivity index (χ0) is 16.7. The van der Waals surface area contributed by atoms with Crippen LogP contribution in [-0.2, 0) is 18.4 Å². The van der Waals surface area contributed by atoms with E-state index in [1.165, 1.54) is 5.69 Å². The van der Waals surface area contributed by atoms with Crippen LogP contribution >= 0.6 is 0 Å². The van der Waals surface area contributed by atoms with Crippen molar-refractivity contribution in [2.75, 3.05) is 6.54 Å². The summed E-state index contributed by atoms with van der Waals surface area (Å²) in [6, 6.07) is 14.3. The van der Waals surface area contributed by atoms with Gasteiger partial charge in [-0.3, -0.25) is 4.79 Å². The summed E-state index contributed by atoms with van der Waals surface area (Å²) >= 11 is 0. The molecule has 0 radical (unpaired) electrons. The molecule has 2 aromatic rings. The summed E-state index contributed by atoms with van der Waals surface area (Å²) in [5.74, 6) is 0.196. The van der Waals surface area contributed by atoms with Crippen molar-refractivity contribution in [3.05, 3.63) is 59.9 Å². The first kappa shape index (κ1) is 17.3. The summed E-state index contributed by atoms with van der Waals surface area (Å²) in [4.78, 5) is 15.2. The summed E-state index contributed by atoms with van der Waals surface area (Å²) in [6.07, 6.45) is 5.01. The number of aromatic nitrogens is 1. The lowest BCUT2D eigenvalue weighted by atomic mass is 9.95. The van der Waals surface area contributed by atoms with Gasteiger partial charge in [-0.1, -0.05) is 50.6 Å². The van der Waals surface area contributed by atoms with E-state index in [0.29, 0.717) is 6.54 Å². The fourth-order valence-corrected chi connectivity index (χ4v) is 2.93. The number of aryl methyl sites for hydroxylation is 1. The van der Waals surface area contributed by atoms with Gasteiger partial charge in [0.05, 0.1) is 12.5 Å². The lowest BCUT2D eigenvalue weighted by Gasteiger charge is -2.27. The highest BCUT2D eigenvalue weighted by Crippen LogP contribution is 2.23. The van der Waals surface area contributed by atoms with Gasteiger partial charge in [-0.05, 0) is 30.5 Å². The van der Waals surface area contributed by atoms with E-state index >= 15 is 0 Å². The van der Waals surface area contributed by atoms with Crippen molar-refractivity contribution in [3.63, 3.8) is 0 Å². The zero-order valence-corrected chi connectivity index (χ0v) is 14.5. The number of carbonyl (C=O) groups excluding carboxylic acids is 1. The van der Waals surface area contributed by atoms with Gasteiger partial charge in [-0.25, -0.2) is 0 Å². The molecule has 0 fully saturated rings. The number of hydrogen-bond donors (Lipinski definition) is 0. The van der Waals surface area contributed by atoms with Crippen molar-refractivity contribution >= 4 is 5.91 Å². The third-order valence-corrected chi connectivity index (χ3v) is 4.41. The van der Waals surface area contributed by atoms with Crippen molar-refractivity contribution in [2.24, 2.45) is 7.05 Å². The highest BCUT2D eigenvalue weighted by molar-refractivity contribution is 5.83. The van der Waals surface area contributed by atoms with Gasteiger partial charge in [-0.2, -0.15) is 0 Å². The molecule has 23 heavy (non-hydrogen) atoms. The third kappa shape index (κ3) is 4.47. The van der Waals surface area contributed by atoms with Crippen molar-refractivity contribution in [3.8, 4) is 0 Å². The van der Waals surface area contributed by atoms with Crippen LogP contribution in [0.3, 0.4) is 0 Å². The fourth-order valence-electron chi connectivity index (χ4n) is 2.93. The molecule has 2 rings (SSSR count). The Balaban J connectivity index is 2.19. The summed E-state index contributed by atoms with van der Waals surface area (Å²) in [5, 5.41) is 0. The SMILES string of the molecule is CCCCN(Cc1cccn1C)C(=O)C(CC)c1ccccc1. The Morgan fingerprint density at radius 3 is 2.43 bits per heavy atom. The fraction of sp³-hybridized carbons (Fsp3) is 0.450. The Labute approximate surface area is 139 Å². The Morgan fingerprint density at radius 2 is 1.87 bits per heavy atom. The lowest BCUT2D eigenvalue weighted by Crippen LogP contribution is -2.36. The smallest absolute Gasteiger partial charge is 0.230 e. The maximum absolute atomic E-state index is 13.1. The van der Waals surface area contributed by atoms with E-state index in [2.05, 4.69) is 36.6 Å². The van der Waals surface area contributed by atoms with Crippen LogP contribution in [0.4, 0.5) is 0 Å². The van der Waals surface area contributed by atoms with Gasteiger partial charge in [0, 0.05) is 25.5 Å². The van der Waals surface area contributed by atoms with E-state index < -0.39 is 0 Å². The number of nitrogens with zero attached hydrogens (tertiary/aromatic N) is 2. The number of benzene rings is 1. The number of amides is 1. The maximum Gasteiger partial charge on any atom is 0.230 e. The highest BCUT2D eigenvalue weighted by Gasteiger charge is 2.24. The van der Waals surface area contributed by atoms with Crippen molar-refractivity contribution in [1.82, 2.24) is 9.47 Å². The molecular weight excluding hydrogens is 284 g/mol. The molecule has 0 aliphatic carbocycles. The van der Waals surface area contributed by atoms with Gasteiger partial charge in [-0.15, -0.1) is 0 Å². The Bertz CT molecular complexity index is 603. The van der Waals surface area contributed by atoms with E-state index in [1.807, 2.05) is 42.4 Å². The Hall–Kier alpha value is -2.03. The van der Waals surface area contributed by atoms with E-state index in [1.54, 1.807) is 0 Å². The molecule has 0 N–H and O–H groups in total. The summed E-state index contributed by atoms with van der Waals surface area (Å²) in [5.41, 5.74) is 2.30. The second kappa shape index (κ2) is 8.56. The standard InChI is InChI=1S/C20H28N2O/c1-4-6-15-22(16-18-13-10-14-21(18)3)20(23)19(5-2)17-11-8-7-9-12-17/h7-14,19H,4-6,15-16H2,1-3H3. The van der Waals surface area contributed by atoms with Gasteiger partial charge in [0.25, 0.3) is 0 Å². The van der Waals surface area contributed by atoms with E-state index in [0.717, 1.165) is 31.4 Å². The van der Waals surface area contributed by atoms with Crippen LogP contribution in [-0.4, -0.2) is 21.9 Å². The average Bonchev–Trinajstić information content (AvgIpc) is 2.98. The molecule has 1 unspecified atom stereocenters. The van der Waals surface area contributed by atoms with Gasteiger partial charge in [0.2, 0.25) is 5.91 Å². The molecule has 1 aromatic heterocycles. The first-order valence-electron chi connectivity index (χ1n) is 8.61. The molecule has 0 bridgehead atoms. The molecule has 0 spiro atoms. The van der Waals surface area contributed by atoms with Crippen molar-refractivity contribution in [1.29, 1.82) is 0 Å². The third-order valence-electron chi connectivity index (χ3n) is 4.41. The molecule has 1 atom stereocenters. The van der Waals surface area contributed by atoms with Gasteiger partial charge in [0.1, 0.15) is 0 Å². The molecule has 3 heteroatoms. The largest absolute Gasteiger partial charge is 0.353 e. The Kier molecular flexibility index (Phi) is 6.45. The van der Waals surface area contributed by atoms with Crippen LogP contribution in [0.25, 0.3) is 0 Å². The molecule has 1 aromatic carbocycles. The summed E-state index contributed by atoms with van der Waals surface area (Å²) in [6.45, 7) is 5.77. The quantitative estimate of drug-likeness (QED) is 0.711. The van der Waals surface area contributed by atoms with Gasteiger partial charge in [0.15, 0.2) is 0 Å². The van der Waals surface area contributed by atoms with Crippen molar-refractivity contribution < 1.29 is 4.79 Å². The maximum atomic E-state index is 13.1. The van der Waals surface area contributed by atoms with Crippen LogP contribution in [0, 0.1) is 0 Å². The number of rotatable bonds is 8. The normalized spacial score (nSPS) is 12.1. The molecule has 0 aliphatic rings. The highest BCUT2D eigenvalue weighted by atomic mass is 16.2. The number of unbranched alkanes of at least 4 members (excludes halogenated alkanes) is 1. The number of hydrogen-bond acceptors (Lipinski definition) is 1. The van der Waals surface area contributed by atoms with Gasteiger partial charge >= 0.3 is 0 Å². The predicted molar refractivity (Wildman–Crippen MR) is 95.2 cm³/mol. The monoisotopic (exact) mass is 312 g/mol. The molecule has 0 saturated carbocycles. The zero-order valence-electron chi connectivity index (χ0n) is 14.5. The molecule has 0 aliphatic heterocycles. The predicted octanol–water partition coefficient (Wildman–Crippen LogP) is 4.35. The molecule has 0 saturated heterocycles. The van der Waals surface area contributed by atoms with Crippen LogP contribution in [0.1, 0.15) is 50.3 Å². The van der Waals surface area contributed by atoms with E-state index in [4.69, 9.17) is 0 Å².